The molecule has 5 rings (SSSR count). The number of halogens is 1. The van der Waals surface area contributed by atoms with E-state index in [0.717, 1.165) is 18.4 Å². The normalized spacial score (nSPS) is 15.2. The summed E-state index contributed by atoms with van der Waals surface area (Å²) in [7, 11) is 1.54. The summed E-state index contributed by atoms with van der Waals surface area (Å²) < 4.78 is 21.6. The van der Waals surface area contributed by atoms with Crippen LogP contribution in [-0.2, 0) is 0 Å². The second-order valence-corrected chi connectivity index (χ2v) is 7.96. The number of hydrogen-bond donors (Lipinski definition) is 3. The van der Waals surface area contributed by atoms with Gasteiger partial charge in [-0.2, -0.15) is 9.49 Å². The van der Waals surface area contributed by atoms with Crippen LogP contribution in [0.15, 0.2) is 54.4 Å². The molecule has 0 saturated heterocycles. The van der Waals surface area contributed by atoms with E-state index < -0.39 is 0 Å². The van der Waals surface area contributed by atoms with Crippen LogP contribution in [0.5, 0.6) is 5.88 Å². The van der Waals surface area contributed by atoms with Crippen LogP contribution in [0.2, 0.25) is 0 Å². The SMILES string of the molecule is COc1ncncc1-c1cn(C(C(C=[NH+]c2ccccc2F)=NN)C2CC2)c2ncnc(N)c12. The first-order valence-corrected chi connectivity index (χ1v) is 10.7. The van der Waals surface area contributed by atoms with Gasteiger partial charge in [0.2, 0.25) is 11.6 Å². The minimum absolute atomic E-state index is 0.259. The van der Waals surface area contributed by atoms with Gasteiger partial charge >= 0.3 is 0 Å². The van der Waals surface area contributed by atoms with E-state index in [9.17, 15) is 4.39 Å². The number of para-hydroxylation sites is 1. The second-order valence-electron chi connectivity index (χ2n) is 7.96. The highest BCUT2D eigenvalue weighted by Gasteiger charge is 2.38. The highest BCUT2D eigenvalue weighted by atomic mass is 19.1. The number of aromatic nitrogens is 5. The molecule has 172 valence electrons. The molecule has 0 aliphatic heterocycles. The fourth-order valence-electron chi connectivity index (χ4n) is 4.14. The highest BCUT2D eigenvalue weighted by Crippen LogP contribution is 2.44. The fourth-order valence-corrected chi connectivity index (χ4v) is 4.14. The van der Waals surface area contributed by atoms with Gasteiger partial charge in [-0.1, -0.05) is 12.1 Å². The van der Waals surface area contributed by atoms with E-state index in [0.29, 0.717) is 39.7 Å². The molecule has 34 heavy (non-hydrogen) atoms. The molecule has 1 atom stereocenters. The molecule has 1 unspecified atom stereocenters. The summed E-state index contributed by atoms with van der Waals surface area (Å²) in [4.78, 5) is 20.1. The Kier molecular flexibility index (Phi) is 5.58. The standard InChI is InChI=1S/C23H22FN9O/c1-34-23-14(8-27-11-31-23)15-10-33(22-19(15)21(25)29-12-30-22)20(13-6-7-13)18(32-26)9-28-17-5-3-2-4-16(17)24/h2-5,8-13,20H,6-7,26H2,1H3,(H2,25,29,30)/p+1. The quantitative estimate of drug-likeness (QED) is 0.215. The molecule has 0 spiro atoms. The zero-order valence-corrected chi connectivity index (χ0v) is 18.4. The molecular formula is C23H23FN9O+. The van der Waals surface area contributed by atoms with Crippen LogP contribution in [0.3, 0.4) is 0 Å². The molecule has 10 nitrogen and oxygen atoms in total. The van der Waals surface area contributed by atoms with Gasteiger partial charge in [0.05, 0.1) is 24.1 Å². The van der Waals surface area contributed by atoms with E-state index in [-0.39, 0.29) is 17.8 Å². The van der Waals surface area contributed by atoms with Crippen molar-refractivity contribution in [2.24, 2.45) is 16.9 Å². The van der Waals surface area contributed by atoms with Gasteiger partial charge in [-0.05, 0) is 24.8 Å². The van der Waals surface area contributed by atoms with Gasteiger partial charge < -0.3 is 20.9 Å². The van der Waals surface area contributed by atoms with E-state index in [1.807, 2.05) is 10.8 Å². The van der Waals surface area contributed by atoms with E-state index >= 15 is 0 Å². The molecule has 0 bridgehead atoms. The maximum Gasteiger partial charge on any atom is 0.239 e. The number of rotatable bonds is 7. The number of hydrazone groups is 1. The monoisotopic (exact) mass is 460 g/mol. The molecule has 3 aromatic heterocycles. The maximum absolute atomic E-state index is 14.1. The van der Waals surface area contributed by atoms with Crippen molar-refractivity contribution in [3.63, 3.8) is 0 Å². The third-order valence-electron chi connectivity index (χ3n) is 5.87. The summed E-state index contributed by atoms with van der Waals surface area (Å²) in [5.41, 5.74) is 9.16. The molecule has 5 N–H and O–H groups in total. The Labute approximate surface area is 194 Å². The Morgan fingerprint density at radius 2 is 2.06 bits per heavy atom. The lowest BCUT2D eigenvalue weighted by Gasteiger charge is -2.17. The largest absolute Gasteiger partial charge is 0.480 e. The van der Waals surface area contributed by atoms with Crippen molar-refractivity contribution < 1.29 is 14.1 Å². The van der Waals surface area contributed by atoms with E-state index in [1.165, 1.54) is 18.7 Å². The van der Waals surface area contributed by atoms with Gasteiger partial charge in [-0.3, -0.25) is 0 Å². The van der Waals surface area contributed by atoms with Gasteiger partial charge in [-0.25, -0.2) is 24.9 Å². The van der Waals surface area contributed by atoms with Crippen molar-refractivity contribution in [1.29, 1.82) is 0 Å². The van der Waals surface area contributed by atoms with Gasteiger partial charge in [-0.15, -0.1) is 0 Å². The number of ether oxygens (including phenoxy) is 1. The number of hydrogen-bond acceptors (Lipinski definition) is 8. The van der Waals surface area contributed by atoms with Crippen LogP contribution in [0, 0.1) is 11.7 Å². The number of nitrogens with one attached hydrogen (secondary N) is 1. The Bertz CT molecular complexity index is 1410. The van der Waals surface area contributed by atoms with Crippen molar-refractivity contribution in [3.05, 3.63) is 55.1 Å². The van der Waals surface area contributed by atoms with Crippen molar-refractivity contribution in [2.75, 3.05) is 12.8 Å². The molecule has 1 aliphatic rings. The van der Waals surface area contributed by atoms with Crippen LogP contribution < -0.4 is 21.3 Å². The molecule has 1 fully saturated rings. The molecule has 0 radical (unpaired) electrons. The molecule has 1 aromatic carbocycles. The van der Waals surface area contributed by atoms with E-state index in [2.05, 4.69) is 30.0 Å². The predicted octanol–water partition coefficient (Wildman–Crippen LogP) is 1.37. The molecular weight excluding hydrogens is 437 g/mol. The number of nitrogens with two attached hydrogens (primary N) is 2. The Balaban J connectivity index is 1.66. The lowest BCUT2D eigenvalue weighted by molar-refractivity contribution is -0.348. The number of methoxy groups -OCH3 is 1. The topological polar surface area (TPSA) is 144 Å². The van der Waals surface area contributed by atoms with Crippen LogP contribution in [0.25, 0.3) is 22.2 Å². The molecule has 1 saturated carbocycles. The van der Waals surface area contributed by atoms with Gasteiger partial charge in [0.25, 0.3) is 0 Å². The maximum atomic E-state index is 14.1. The average Bonchev–Trinajstić information content (AvgIpc) is 3.62. The molecule has 0 amide bonds. The van der Waals surface area contributed by atoms with Crippen molar-refractivity contribution in [3.8, 4) is 17.0 Å². The van der Waals surface area contributed by atoms with Gasteiger partial charge in [0.1, 0.15) is 29.8 Å². The average molecular weight is 460 g/mol. The van der Waals surface area contributed by atoms with Gasteiger partial charge in [0.15, 0.2) is 12.0 Å². The third kappa shape index (κ3) is 3.81. The third-order valence-corrected chi connectivity index (χ3v) is 5.87. The smallest absolute Gasteiger partial charge is 0.239 e. The number of nitrogens with zero attached hydrogens (tertiary/aromatic N) is 6. The first kappa shape index (κ1) is 21.4. The van der Waals surface area contributed by atoms with Crippen molar-refractivity contribution >= 4 is 34.5 Å². The number of fused-ring (bicyclic) bond motifs is 1. The predicted molar refractivity (Wildman–Crippen MR) is 126 cm³/mol. The lowest BCUT2D eigenvalue weighted by atomic mass is 10.1. The summed E-state index contributed by atoms with van der Waals surface area (Å²) in [5.74, 6) is 6.45. The molecule has 11 heteroatoms. The lowest BCUT2D eigenvalue weighted by Crippen LogP contribution is -2.64. The first-order chi connectivity index (χ1) is 16.6. The molecule has 4 aromatic rings. The number of nitrogen functional groups attached to an aromatic ring is 1. The van der Waals surface area contributed by atoms with E-state index in [4.69, 9.17) is 16.3 Å². The Hall–Kier alpha value is -4.41. The summed E-state index contributed by atoms with van der Waals surface area (Å²) in [6, 6.07) is 6.15. The second kappa shape index (κ2) is 8.85. The minimum Gasteiger partial charge on any atom is -0.480 e. The van der Waals surface area contributed by atoms with Crippen LogP contribution >= 0.6 is 0 Å². The first-order valence-electron chi connectivity index (χ1n) is 10.7. The summed E-state index contributed by atoms with van der Waals surface area (Å²) >= 11 is 0. The zero-order valence-electron chi connectivity index (χ0n) is 18.4. The molecule has 1 aliphatic carbocycles. The van der Waals surface area contributed by atoms with Crippen LogP contribution in [-0.4, -0.2) is 43.5 Å². The summed E-state index contributed by atoms with van der Waals surface area (Å²) in [5, 5.41) is 4.70. The van der Waals surface area contributed by atoms with Crippen molar-refractivity contribution in [1.82, 2.24) is 24.5 Å². The molecule has 3 heterocycles. The van der Waals surface area contributed by atoms with Gasteiger partial charge in [0, 0.05) is 24.0 Å². The van der Waals surface area contributed by atoms with Crippen LogP contribution in [0.4, 0.5) is 15.9 Å². The fraction of sp³-hybridized carbons (Fsp3) is 0.217. The summed E-state index contributed by atoms with van der Waals surface area (Å²) in [6.45, 7) is 0. The van der Waals surface area contributed by atoms with E-state index in [1.54, 1.807) is 37.7 Å². The van der Waals surface area contributed by atoms with Crippen LogP contribution in [0.1, 0.15) is 18.9 Å². The number of benzene rings is 1. The Morgan fingerprint density at radius 3 is 2.79 bits per heavy atom. The van der Waals surface area contributed by atoms with Crippen molar-refractivity contribution in [2.45, 2.75) is 18.9 Å². The highest BCUT2D eigenvalue weighted by molar-refractivity contribution is 6.30. The Morgan fingerprint density at radius 1 is 1.24 bits per heavy atom. The summed E-state index contributed by atoms with van der Waals surface area (Å²) in [6.07, 6.45) is 10.0. The number of anilines is 1. The zero-order chi connectivity index (χ0) is 23.7. The minimum atomic E-state index is -0.372.